The van der Waals surface area contributed by atoms with Gasteiger partial charge in [-0.15, -0.1) is 0 Å². The summed E-state index contributed by atoms with van der Waals surface area (Å²) < 4.78 is 59.1. The van der Waals surface area contributed by atoms with Crippen LogP contribution < -0.4 is 5.32 Å². The number of aromatic nitrogens is 2. The van der Waals surface area contributed by atoms with Crippen molar-refractivity contribution in [2.24, 2.45) is 4.99 Å². The lowest BCUT2D eigenvalue weighted by atomic mass is 9.79. The van der Waals surface area contributed by atoms with Crippen molar-refractivity contribution in [3.63, 3.8) is 0 Å². The second kappa shape index (κ2) is 11.3. The average Bonchev–Trinajstić information content (AvgIpc) is 3.72. The molecule has 0 saturated carbocycles. The summed E-state index contributed by atoms with van der Waals surface area (Å²) >= 11 is 0. The number of nitrogens with zero attached hydrogens (tertiary/aromatic N) is 7. The standard InChI is InChI=1S/C30H30F4N8O/c1-16-23-14-37-28(19(23)11-20(26(16)31)25-21(12-35)17(2)40(4)18(3)22(25)13-36)39-29(43)24-15-38-42(27(24)30(32,33)34)10-9-41-7-5-6-8-41/h11,15,25H,5-10,14H2,1-4H3,(H,37,39,43). The SMILES string of the molecule is CC1=C(C#N)C(c2cc3c(c(C)c2F)CN=C3NC(=O)c2cnn(CCN3CCCC3)c2C(F)(F)F)C(C#N)=C(C)N1C. The summed E-state index contributed by atoms with van der Waals surface area (Å²) in [5, 5.41) is 26.3. The lowest BCUT2D eigenvalue weighted by molar-refractivity contribution is -0.144. The zero-order valence-electron chi connectivity index (χ0n) is 24.2. The van der Waals surface area contributed by atoms with Crippen LogP contribution in [0.25, 0.3) is 0 Å². The summed E-state index contributed by atoms with van der Waals surface area (Å²) in [6.07, 6.45) is -1.95. The molecular weight excluding hydrogens is 564 g/mol. The van der Waals surface area contributed by atoms with Gasteiger partial charge in [-0.2, -0.15) is 28.8 Å². The van der Waals surface area contributed by atoms with Crippen molar-refractivity contribution in [3.05, 3.63) is 74.1 Å². The number of hydrogen-bond donors (Lipinski definition) is 1. The summed E-state index contributed by atoms with van der Waals surface area (Å²) in [5.74, 6) is -2.68. The van der Waals surface area contributed by atoms with E-state index in [1.54, 1.807) is 25.8 Å². The summed E-state index contributed by atoms with van der Waals surface area (Å²) in [7, 11) is 1.71. The van der Waals surface area contributed by atoms with Crippen molar-refractivity contribution >= 4 is 11.7 Å². The Bertz CT molecular complexity index is 1640. The summed E-state index contributed by atoms with van der Waals surface area (Å²) in [6, 6.07) is 5.66. The minimum atomic E-state index is -4.83. The molecule has 9 nitrogen and oxygen atoms in total. The lowest BCUT2D eigenvalue weighted by Gasteiger charge is -2.33. The highest BCUT2D eigenvalue weighted by Gasteiger charge is 2.41. The van der Waals surface area contributed by atoms with Gasteiger partial charge >= 0.3 is 6.18 Å². The summed E-state index contributed by atoms with van der Waals surface area (Å²) in [4.78, 5) is 21.3. The van der Waals surface area contributed by atoms with Gasteiger partial charge in [-0.05, 0) is 63.9 Å². The number of carbonyl (C=O) groups is 1. The Morgan fingerprint density at radius 2 is 1.72 bits per heavy atom. The first kappa shape index (κ1) is 30.0. The molecule has 4 heterocycles. The van der Waals surface area contributed by atoms with Crippen LogP contribution in [-0.4, -0.2) is 58.0 Å². The predicted octanol–water partition coefficient (Wildman–Crippen LogP) is 4.76. The molecule has 1 aromatic carbocycles. The molecule has 0 unspecified atom stereocenters. The number of allylic oxidation sites excluding steroid dienone is 4. The number of amides is 1. The van der Waals surface area contributed by atoms with Crippen LogP contribution in [0.5, 0.6) is 0 Å². The van der Waals surface area contributed by atoms with Crippen molar-refractivity contribution in [3.8, 4) is 12.1 Å². The Kier molecular flexibility index (Phi) is 7.88. The first-order valence-corrected chi connectivity index (χ1v) is 13.9. The van der Waals surface area contributed by atoms with E-state index >= 15 is 4.39 Å². The van der Waals surface area contributed by atoms with Gasteiger partial charge in [-0.25, -0.2) is 4.39 Å². The third-order valence-electron chi connectivity index (χ3n) is 8.64. The zero-order chi connectivity index (χ0) is 31.2. The van der Waals surface area contributed by atoms with Gasteiger partial charge in [0.25, 0.3) is 5.91 Å². The molecule has 3 aliphatic rings. The number of amidine groups is 1. The molecule has 1 fully saturated rings. The molecule has 0 radical (unpaired) electrons. The van der Waals surface area contributed by atoms with Gasteiger partial charge in [-0.3, -0.25) is 14.5 Å². The fourth-order valence-electron chi connectivity index (χ4n) is 6.05. The van der Waals surface area contributed by atoms with E-state index in [0.717, 1.165) is 36.8 Å². The molecule has 224 valence electrons. The van der Waals surface area contributed by atoms with Gasteiger partial charge in [0.05, 0.1) is 54.1 Å². The number of rotatable bonds is 5. The first-order chi connectivity index (χ1) is 20.4. The van der Waals surface area contributed by atoms with Gasteiger partial charge in [-0.1, -0.05) is 0 Å². The number of hydrogen-bond acceptors (Lipinski definition) is 7. The van der Waals surface area contributed by atoms with Gasteiger partial charge in [0.1, 0.15) is 11.7 Å². The minimum Gasteiger partial charge on any atom is -0.350 e. The maximum atomic E-state index is 15.9. The monoisotopic (exact) mass is 594 g/mol. The smallest absolute Gasteiger partial charge is 0.350 e. The molecule has 5 rings (SSSR count). The van der Waals surface area contributed by atoms with Crippen LogP contribution in [-0.2, 0) is 19.3 Å². The largest absolute Gasteiger partial charge is 0.433 e. The van der Waals surface area contributed by atoms with Crippen LogP contribution in [0.3, 0.4) is 0 Å². The van der Waals surface area contributed by atoms with Crippen molar-refractivity contribution in [2.75, 3.05) is 26.7 Å². The number of aliphatic imine (C=N–C) groups is 1. The molecule has 13 heteroatoms. The lowest BCUT2D eigenvalue weighted by Crippen LogP contribution is -2.33. The first-order valence-electron chi connectivity index (χ1n) is 13.9. The Hall–Kier alpha value is -4.49. The van der Waals surface area contributed by atoms with Crippen molar-refractivity contribution in [1.29, 1.82) is 10.5 Å². The Balaban J connectivity index is 1.49. The molecule has 43 heavy (non-hydrogen) atoms. The van der Waals surface area contributed by atoms with E-state index in [2.05, 4.69) is 32.4 Å². The molecule has 0 bridgehead atoms. The number of nitrogens with one attached hydrogen (secondary N) is 1. The van der Waals surface area contributed by atoms with Crippen LogP contribution in [0.1, 0.15) is 70.9 Å². The van der Waals surface area contributed by atoms with Gasteiger partial charge in [0.15, 0.2) is 5.69 Å². The summed E-state index contributed by atoms with van der Waals surface area (Å²) in [5.41, 5.74) is 0.760. The van der Waals surface area contributed by atoms with Crippen LogP contribution in [0.4, 0.5) is 17.6 Å². The van der Waals surface area contributed by atoms with E-state index in [1.165, 1.54) is 13.0 Å². The number of benzene rings is 1. The molecule has 1 aromatic heterocycles. The second-order valence-corrected chi connectivity index (χ2v) is 10.9. The molecule has 2 aromatic rings. The van der Waals surface area contributed by atoms with Crippen LogP contribution in [0, 0.1) is 35.4 Å². The number of halogens is 4. The average molecular weight is 595 g/mol. The van der Waals surface area contributed by atoms with Crippen molar-refractivity contribution in [1.82, 2.24) is 24.9 Å². The fourth-order valence-corrected chi connectivity index (χ4v) is 6.05. The van der Waals surface area contributed by atoms with Gasteiger partial charge < -0.3 is 15.1 Å². The molecule has 1 amide bonds. The van der Waals surface area contributed by atoms with Gasteiger partial charge in [0, 0.05) is 36.1 Å². The second-order valence-electron chi connectivity index (χ2n) is 10.9. The maximum Gasteiger partial charge on any atom is 0.433 e. The Morgan fingerprint density at radius 1 is 1.09 bits per heavy atom. The Morgan fingerprint density at radius 3 is 2.30 bits per heavy atom. The number of fused-ring (bicyclic) bond motifs is 1. The number of alkyl halides is 3. The highest BCUT2D eigenvalue weighted by molar-refractivity contribution is 6.14. The molecule has 1 N–H and O–H groups in total. The van der Waals surface area contributed by atoms with Crippen molar-refractivity contribution < 1.29 is 22.4 Å². The van der Waals surface area contributed by atoms with E-state index in [-0.39, 0.29) is 41.2 Å². The van der Waals surface area contributed by atoms with E-state index in [1.807, 2.05) is 0 Å². The quantitative estimate of drug-likeness (QED) is 0.500. The fraction of sp³-hybridized carbons (Fsp3) is 0.433. The number of nitriles is 2. The van der Waals surface area contributed by atoms with Crippen LogP contribution in [0.2, 0.25) is 0 Å². The zero-order valence-corrected chi connectivity index (χ0v) is 24.2. The third-order valence-corrected chi connectivity index (χ3v) is 8.64. The van der Waals surface area contributed by atoms with E-state index in [9.17, 15) is 28.5 Å². The molecule has 1 saturated heterocycles. The summed E-state index contributed by atoms with van der Waals surface area (Å²) in [6.45, 7) is 6.93. The van der Waals surface area contributed by atoms with Gasteiger partial charge in [0.2, 0.25) is 0 Å². The molecule has 3 aliphatic heterocycles. The van der Waals surface area contributed by atoms with E-state index in [0.29, 0.717) is 29.1 Å². The highest BCUT2D eigenvalue weighted by Crippen LogP contribution is 2.43. The van der Waals surface area contributed by atoms with E-state index in [4.69, 9.17) is 0 Å². The van der Waals surface area contributed by atoms with Crippen LogP contribution in [0.15, 0.2) is 39.8 Å². The predicted molar refractivity (Wildman–Crippen MR) is 149 cm³/mol. The Labute approximate surface area is 246 Å². The third kappa shape index (κ3) is 5.19. The minimum absolute atomic E-state index is 0.00254. The molecule has 0 aliphatic carbocycles. The van der Waals surface area contributed by atoms with Crippen molar-refractivity contribution in [2.45, 2.75) is 58.8 Å². The highest BCUT2D eigenvalue weighted by atomic mass is 19.4. The molecule has 0 spiro atoms. The van der Waals surface area contributed by atoms with Crippen LogP contribution >= 0.6 is 0 Å². The topological polar surface area (TPSA) is 113 Å². The molecular formula is C30H30F4N8O. The normalized spacial score (nSPS) is 17.7. The number of likely N-dealkylation sites (tertiary alicyclic amines) is 1. The molecule has 0 atom stereocenters. The maximum absolute atomic E-state index is 15.9. The number of carbonyl (C=O) groups excluding carboxylic acids is 1. The van der Waals surface area contributed by atoms with E-state index < -0.39 is 35.1 Å².